The molecular weight excluding hydrogens is 298 g/mol. The van der Waals surface area contributed by atoms with Crippen molar-refractivity contribution in [2.75, 3.05) is 54.0 Å². The van der Waals surface area contributed by atoms with Gasteiger partial charge < -0.3 is 20.3 Å². The monoisotopic (exact) mass is 327 g/mol. The van der Waals surface area contributed by atoms with Crippen LogP contribution in [0, 0.1) is 13.8 Å². The second-order valence-electron chi connectivity index (χ2n) is 5.22. The molecule has 0 bridgehead atoms. The van der Waals surface area contributed by atoms with E-state index in [1.165, 1.54) is 9.88 Å². The number of nitrogens with one attached hydrogen (secondary N) is 2. The van der Waals surface area contributed by atoms with Gasteiger partial charge in [0, 0.05) is 51.6 Å². The van der Waals surface area contributed by atoms with E-state index in [0.29, 0.717) is 0 Å². The van der Waals surface area contributed by atoms with E-state index in [-0.39, 0.29) is 0 Å². The highest BCUT2D eigenvalue weighted by Gasteiger charge is 2.04. The topological polar surface area (TPSA) is 61.8 Å². The fraction of sp³-hybridized carbons (Fsp3) is 0.733. The molecule has 2 N–H and O–H groups in total. The largest absolute Gasteiger partial charge is 0.383 e. The highest BCUT2D eigenvalue weighted by molar-refractivity contribution is 7.11. The molecule has 0 fully saturated rings. The molecule has 6 nitrogen and oxygen atoms in total. The number of likely N-dealkylation sites (N-methyl/N-ethyl adjacent to an activating group) is 1. The molecule has 0 spiro atoms. The highest BCUT2D eigenvalue weighted by atomic mass is 32.1. The molecule has 1 aromatic heterocycles. The maximum Gasteiger partial charge on any atom is 0.191 e. The van der Waals surface area contributed by atoms with Gasteiger partial charge in [0.15, 0.2) is 5.96 Å². The molecule has 0 amide bonds. The van der Waals surface area contributed by atoms with Crippen molar-refractivity contribution in [2.24, 2.45) is 4.99 Å². The van der Waals surface area contributed by atoms with Crippen LogP contribution in [0.4, 0.5) is 0 Å². The summed E-state index contributed by atoms with van der Waals surface area (Å²) in [5.74, 6) is 0.838. The predicted molar refractivity (Wildman–Crippen MR) is 94.0 cm³/mol. The van der Waals surface area contributed by atoms with Gasteiger partial charge in [-0.25, -0.2) is 4.98 Å². The zero-order valence-electron chi connectivity index (χ0n) is 14.4. The van der Waals surface area contributed by atoms with Crippen molar-refractivity contribution in [3.8, 4) is 0 Å². The predicted octanol–water partition coefficient (Wildman–Crippen LogP) is 1.05. The summed E-state index contributed by atoms with van der Waals surface area (Å²) in [5.41, 5.74) is 1.14. The van der Waals surface area contributed by atoms with E-state index < -0.39 is 0 Å². The van der Waals surface area contributed by atoms with Crippen molar-refractivity contribution in [3.05, 3.63) is 15.6 Å². The Bertz CT molecular complexity index is 441. The standard InChI is InChI=1S/C15H29N5OS/c1-12-13(2)22-14(19-12)6-7-17-15(16-3)18-8-9-20(4)10-11-21-5/h6-11H2,1-5H3,(H2,16,17,18). The lowest BCUT2D eigenvalue weighted by atomic mass is 10.4. The van der Waals surface area contributed by atoms with Crippen LogP contribution in [0.1, 0.15) is 15.6 Å². The van der Waals surface area contributed by atoms with Crippen LogP contribution in [0.5, 0.6) is 0 Å². The van der Waals surface area contributed by atoms with Gasteiger partial charge in [-0.2, -0.15) is 0 Å². The molecule has 126 valence electrons. The lowest BCUT2D eigenvalue weighted by Gasteiger charge is -2.17. The molecule has 1 aromatic rings. The van der Waals surface area contributed by atoms with Crippen molar-refractivity contribution in [2.45, 2.75) is 20.3 Å². The minimum atomic E-state index is 0.760. The Balaban J connectivity index is 2.19. The minimum Gasteiger partial charge on any atom is -0.383 e. The lowest BCUT2D eigenvalue weighted by molar-refractivity contribution is 0.162. The van der Waals surface area contributed by atoms with Gasteiger partial charge in [0.05, 0.1) is 17.3 Å². The molecule has 1 rings (SSSR count). The number of thiazole rings is 1. The molecular formula is C15H29N5OS. The van der Waals surface area contributed by atoms with Crippen LogP contribution in [0.25, 0.3) is 0 Å². The molecule has 0 aromatic carbocycles. The Morgan fingerprint density at radius 1 is 1.27 bits per heavy atom. The average molecular weight is 327 g/mol. The normalized spacial score (nSPS) is 12.0. The smallest absolute Gasteiger partial charge is 0.191 e. The molecule has 0 saturated heterocycles. The van der Waals surface area contributed by atoms with Crippen molar-refractivity contribution in [3.63, 3.8) is 0 Å². The molecule has 0 radical (unpaired) electrons. The molecule has 0 atom stereocenters. The van der Waals surface area contributed by atoms with Gasteiger partial charge in [0.1, 0.15) is 0 Å². The number of aliphatic imine (C=N–C) groups is 1. The van der Waals surface area contributed by atoms with E-state index in [1.807, 2.05) is 0 Å². The number of guanidine groups is 1. The van der Waals surface area contributed by atoms with Crippen LogP contribution in [0.15, 0.2) is 4.99 Å². The summed E-state index contributed by atoms with van der Waals surface area (Å²) in [4.78, 5) is 12.3. The van der Waals surface area contributed by atoms with Gasteiger partial charge in [0.2, 0.25) is 0 Å². The fourth-order valence-corrected chi connectivity index (χ4v) is 2.81. The Labute approximate surface area is 138 Å². The third-order valence-electron chi connectivity index (χ3n) is 3.39. The summed E-state index contributed by atoms with van der Waals surface area (Å²) in [6.45, 7) is 8.52. The van der Waals surface area contributed by atoms with Crippen molar-refractivity contribution >= 4 is 17.3 Å². The first-order valence-corrected chi connectivity index (χ1v) is 8.43. The van der Waals surface area contributed by atoms with Crippen molar-refractivity contribution in [1.29, 1.82) is 0 Å². The van der Waals surface area contributed by atoms with Crippen LogP contribution in [0.2, 0.25) is 0 Å². The second kappa shape index (κ2) is 10.5. The Kier molecular flexibility index (Phi) is 9.03. The number of aromatic nitrogens is 1. The molecule has 0 saturated carbocycles. The first-order chi connectivity index (χ1) is 10.6. The Hall–Kier alpha value is -1.18. The van der Waals surface area contributed by atoms with Crippen LogP contribution >= 0.6 is 11.3 Å². The Morgan fingerprint density at radius 3 is 2.59 bits per heavy atom. The van der Waals surface area contributed by atoms with E-state index in [2.05, 4.69) is 46.4 Å². The lowest BCUT2D eigenvalue weighted by Crippen LogP contribution is -2.42. The van der Waals surface area contributed by atoms with Gasteiger partial charge in [-0.3, -0.25) is 4.99 Å². The summed E-state index contributed by atoms with van der Waals surface area (Å²) in [7, 11) is 5.61. The summed E-state index contributed by atoms with van der Waals surface area (Å²) < 4.78 is 5.06. The van der Waals surface area contributed by atoms with Gasteiger partial charge in [0.25, 0.3) is 0 Å². The molecule has 0 unspecified atom stereocenters. The zero-order valence-corrected chi connectivity index (χ0v) is 15.2. The van der Waals surface area contributed by atoms with Gasteiger partial charge in [-0.1, -0.05) is 0 Å². The average Bonchev–Trinajstić information content (AvgIpc) is 2.82. The molecule has 0 aliphatic rings. The SMILES string of the molecule is CN=C(NCCc1nc(C)c(C)s1)NCCN(C)CCOC. The number of hydrogen-bond donors (Lipinski definition) is 2. The summed E-state index contributed by atoms with van der Waals surface area (Å²) >= 11 is 1.77. The first-order valence-electron chi connectivity index (χ1n) is 7.61. The quantitative estimate of drug-likeness (QED) is 0.524. The number of methoxy groups -OCH3 is 1. The van der Waals surface area contributed by atoms with Crippen LogP contribution in [-0.4, -0.2) is 69.8 Å². The van der Waals surface area contributed by atoms with E-state index in [0.717, 1.165) is 50.9 Å². The first kappa shape index (κ1) is 18.9. The minimum absolute atomic E-state index is 0.760. The number of aryl methyl sites for hydroxylation is 2. The molecule has 22 heavy (non-hydrogen) atoms. The highest BCUT2D eigenvalue weighted by Crippen LogP contribution is 2.16. The zero-order chi connectivity index (χ0) is 16.4. The van der Waals surface area contributed by atoms with Crippen LogP contribution < -0.4 is 10.6 Å². The second-order valence-corrected chi connectivity index (χ2v) is 6.51. The number of ether oxygens (including phenoxy) is 1. The maximum atomic E-state index is 5.06. The molecule has 0 aliphatic heterocycles. The number of hydrogen-bond acceptors (Lipinski definition) is 5. The van der Waals surface area contributed by atoms with Crippen LogP contribution in [-0.2, 0) is 11.2 Å². The maximum absolute atomic E-state index is 5.06. The molecule has 0 aliphatic carbocycles. The summed E-state index contributed by atoms with van der Waals surface area (Å²) in [6, 6.07) is 0. The number of rotatable bonds is 9. The number of nitrogens with zero attached hydrogens (tertiary/aromatic N) is 3. The van der Waals surface area contributed by atoms with E-state index in [9.17, 15) is 0 Å². The molecule has 7 heteroatoms. The fourth-order valence-electron chi connectivity index (χ4n) is 1.88. The van der Waals surface area contributed by atoms with E-state index in [1.54, 1.807) is 25.5 Å². The van der Waals surface area contributed by atoms with E-state index >= 15 is 0 Å². The van der Waals surface area contributed by atoms with Gasteiger partial charge >= 0.3 is 0 Å². The van der Waals surface area contributed by atoms with E-state index in [4.69, 9.17) is 4.74 Å². The third-order valence-corrected chi connectivity index (χ3v) is 4.52. The summed E-state index contributed by atoms with van der Waals surface area (Å²) in [6.07, 6.45) is 0.924. The molecule has 1 heterocycles. The third kappa shape index (κ3) is 7.20. The summed E-state index contributed by atoms with van der Waals surface area (Å²) in [5, 5.41) is 7.82. The van der Waals surface area contributed by atoms with Gasteiger partial charge in [-0.15, -0.1) is 11.3 Å². The van der Waals surface area contributed by atoms with Gasteiger partial charge in [-0.05, 0) is 20.9 Å². The van der Waals surface area contributed by atoms with Crippen LogP contribution in [0.3, 0.4) is 0 Å². The Morgan fingerprint density at radius 2 is 2.00 bits per heavy atom. The van der Waals surface area contributed by atoms with Crippen molar-refractivity contribution in [1.82, 2.24) is 20.5 Å². The van der Waals surface area contributed by atoms with Crippen molar-refractivity contribution < 1.29 is 4.74 Å².